The molecule has 21 nitrogen and oxygen atoms in total. The molecular weight excluding hydrogens is 1020 g/mol. The van der Waals surface area contributed by atoms with Gasteiger partial charge in [-0.2, -0.15) is 0 Å². The van der Waals surface area contributed by atoms with Crippen LogP contribution >= 0.6 is 0 Å². The first kappa shape index (κ1) is 68.9. The van der Waals surface area contributed by atoms with Crippen molar-refractivity contribution in [3.63, 3.8) is 0 Å². The van der Waals surface area contributed by atoms with Crippen molar-refractivity contribution in [1.29, 1.82) is 0 Å². The molecule has 10 amide bonds. The van der Waals surface area contributed by atoms with E-state index >= 15 is 0 Å². The number of likely N-dealkylation sites (N-methyl/N-ethyl adjacent to an activating group) is 1. The zero-order valence-electron chi connectivity index (χ0n) is 50.0. The number of likely N-dealkylation sites (tertiary alicyclic amines) is 1. The lowest BCUT2D eigenvalue weighted by Gasteiger charge is -2.41. The van der Waals surface area contributed by atoms with E-state index in [1.54, 1.807) is 27.7 Å². The van der Waals surface area contributed by atoms with Gasteiger partial charge in [0.15, 0.2) is 0 Å². The summed E-state index contributed by atoms with van der Waals surface area (Å²) in [4.78, 5) is 143. The minimum Gasteiger partial charge on any atom is -0.355 e. The van der Waals surface area contributed by atoms with Gasteiger partial charge in [-0.1, -0.05) is 59.3 Å². The molecule has 446 valence electrons. The van der Waals surface area contributed by atoms with Gasteiger partial charge < -0.3 is 56.8 Å². The Morgan fingerprint density at radius 1 is 0.684 bits per heavy atom. The molecule has 0 spiro atoms. The van der Waals surface area contributed by atoms with Gasteiger partial charge in [-0.3, -0.25) is 47.9 Å². The van der Waals surface area contributed by atoms with E-state index < -0.39 is 119 Å². The fourth-order valence-corrected chi connectivity index (χ4v) is 9.47. The number of carbonyl (C=O) groups excluding carboxylic acids is 10. The highest BCUT2D eigenvalue weighted by Crippen LogP contribution is 2.23. The normalized spacial score (nSPS) is 14.6. The van der Waals surface area contributed by atoms with Gasteiger partial charge in [0.25, 0.3) is 5.91 Å². The molecule has 79 heavy (non-hydrogen) atoms. The number of rotatable bonds is 33. The number of nitrogens with zero attached hydrogens (tertiary/aromatic N) is 4. The van der Waals surface area contributed by atoms with Gasteiger partial charge in [-0.15, -0.1) is 0 Å². The Labute approximate surface area is 469 Å². The molecule has 3 atom stereocenters. The van der Waals surface area contributed by atoms with E-state index in [9.17, 15) is 52.3 Å². The fourth-order valence-electron chi connectivity index (χ4n) is 9.47. The van der Waals surface area contributed by atoms with Gasteiger partial charge in [0.2, 0.25) is 53.2 Å². The summed E-state index contributed by atoms with van der Waals surface area (Å²) in [5.41, 5.74) is -4.37. The summed E-state index contributed by atoms with van der Waals surface area (Å²) in [6, 6.07) is 0.933. The quantitative estimate of drug-likeness (QED) is 0.0501. The Kier molecular flexibility index (Phi) is 28.1. The Morgan fingerprint density at radius 2 is 1.28 bits per heavy atom. The van der Waals surface area contributed by atoms with Crippen LogP contribution in [0, 0.1) is 11.7 Å². The van der Waals surface area contributed by atoms with Crippen LogP contribution in [-0.4, -0.2) is 179 Å². The van der Waals surface area contributed by atoms with E-state index in [-0.39, 0.29) is 43.2 Å². The summed E-state index contributed by atoms with van der Waals surface area (Å²) in [5, 5.41) is 19.1. The molecule has 0 aliphatic carbocycles. The molecule has 1 aromatic rings. The van der Waals surface area contributed by atoms with Crippen LogP contribution in [0.5, 0.6) is 0 Å². The predicted octanol–water partition coefficient (Wildman–Crippen LogP) is 3.54. The van der Waals surface area contributed by atoms with Gasteiger partial charge in [-0.05, 0) is 139 Å². The molecule has 0 bridgehead atoms. The zero-order chi connectivity index (χ0) is 60.0. The lowest BCUT2D eigenvalue weighted by atomic mass is 9.96. The molecule has 22 heteroatoms. The molecule has 1 saturated heterocycles. The van der Waals surface area contributed by atoms with Crippen molar-refractivity contribution >= 4 is 59.1 Å². The van der Waals surface area contributed by atoms with E-state index in [1.807, 2.05) is 32.8 Å². The van der Waals surface area contributed by atoms with Crippen LogP contribution in [0.2, 0.25) is 0 Å². The molecule has 7 N–H and O–H groups in total. The van der Waals surface area contributed by atoms with E-state index in [4.69, 9.17) is 0 Å². The summed E-state index contributed by atoms with van der Waals surface area (Å²) in [7, 11) is 3.77. The molecule has 0 radical (unpaired) electrons. The Balaban J connectivity index is 2.20. The molecule has 2 rings (SSSR count). The molecule has 1 aliphatic heterocycles. The van der Waals surface area contributed by atoms with Crippen molar-refractivity contribution in [2.45, 2.75) is 207 Å². The number of hydrogen-bond donors (Lipinski definition) is 7. The third kappa shape index (κ3) is 22.1. The topological polar surface area (TPSA) is 268 Å². The average molecular weight is 1110 g/mol. The van der Waals surface area contributed by atoms with Crippen molar-refractivity contribution in [3.05, 3.63) is 35.6 Å². The first-order valence-electron chi connectivity index (χ1n) is 28.2. The van der Waals surface area contributed by atoms with Crippen LogP contribution in [0.3, 0.4) is 0 Å². The molecule has 1 aliphatic rings. The van der Waals surface area contributed by atoms with Crippen LogP contribution in [0.25, 0.3) is 0 Å². The molecule has 1 fully saturated rings. The van der Waals surface area contributed by atoms with Gasteiger partial charge in [0.1, 0.15) is 40.6 Å². The summed E-state index contributed by atoms with van der Waals surface area (Å²) in [6.07, 6.45) is 6.93. The maximum atomic E-state index is 14.3. The minimum atomic E-state index is -1.58. The van der Waals surface area contributed by atoms with Crippen LogP contribution in [0.4, 0.5) is 4.39 Å². The van der Waals surface area contributed by atoms with E-state index in [1.165, 1.54) is 80.5 Å². The maximum Gasteiger partial charge on any atom is 0.254 e. The standard InChI is InChI=1S/C57H96FN11O10/c1-16-17-18-19-20-21-23-42(63-49(74)43-24-22-32-67(43)51(76)40-25-27-41(58)28-26-40)48(73)61-36-47(72)69(39(6)7)57(12,13)54(79)62-35-46(71)68(38(4)5)44(34-37(2)3)50(75)64-56(10,11)53(78)65-55(8,9)52(77)60-30-29-45(70)59-31-33-66(14)15/h25-28,37-39,42-44H,16-24,29-36H2,1-15H3,(H,59,70)(H,60,77)(H,61,73)(H,62,79)(H,63,74)(H,64,75)(H,65,78)/t42-,43-,44-/m0/s1. The molecule has 0 unspecified atom stereocenters. The van der Waals surface area contributed by atoms with Gasteiger partial charge in [0, 0.05) is 50.2 Å². The summed E-state index contributed by atoms with van der Waals surface area (Å²) < 4.78 is 13.6. The zero-order valence-corrected chi connectivity index (χ0v) is 50.0. The first-order chi connectivity index (χ1) is 36.8. The smallest absolute Gasteiger partial charge is 0.254 e. The van der Waals surface area contributed by atoms with E-state index in [0.29, 0.717) is 38.9 Å². The molecule has 0 saturated carbocycles. The van der Waals surface area contributed by atoms with Crippen molar-refractivity contribution in [1.82, 2.24) is 56.8 Å². The molecular formula is C57H96FN11O10. The number of amides is 10. The Bertz CT molecular complexity index is 2230. The summed E-state index contributed by atoms with van der Waals surface area (Å²) in [5.74, 6) is -6.20. The van der Waals surface area contributed by atoms with Crippen LogP contribution in [0.15, 0.2) is 24.3 Å². The number of carbonyl (C=O) groups is 10. The third-order valence-corrected chi connectivity index (χ3v) is 13.8. The Morgan fingerprint density at radius 3 is 1.86 bits per heavy atom. The second-order valence-corrected chi connectivity index (χ2v) is 23.5. The van der Waals surface area contributed by atoms with Gasteiger partial charge >= 0.3 is 0 Å². The highest BCUT2D eigenvalue weighted by molar-refractivity contribution is 6.00. The highest BCUT2D eigenvalue weighted by atomic mass is 19.1. The highest BCUT2D eigenvalue weighted by Gasteiger charge is 2.43. The van der Waals surface area contributed by atoms with Crippen molar-refractivity contribution in [2.24, 2.45) is 5.92 Å². The number of unbranched alkanes of at least 4 members (excludes halogenated alkanes) is 5. The summed E-state index contributed by atoms with van der Waals surface area (Å²) in [6.45, 7) is 22.0. The van der Waals surface area contributed by atoms with Crippen molar-refractivity contribution < 1.29 is 52.3 Å². The molecule has 0 aromatic heterocycles. The minimum absolute atomic E-state index is 0.0349. The lowest BCUT2D eigenvalue weighted by molar-refractivity contribution is -0.150. The SMILES string of the molecule is CCCCCCCC[C@H](NC(=O)[C@@H]1CCCN1C(=O)c1ccc(F)cc1)C(=O)NCC(=O)N(C(C)C)C(C)(C)C(=O)NCC(=O)N(C(C)C)[C@@H](CC(C)C)C(=O)NC(C)(C)C(=O)NC(C)(C)C(=O)NCCC(=O)NCCN(C)C. The number of nitrogens with one attached hydrogen (secondary N) is 7. The second-order valence-electron chi connectivity index (χ2n) is 23.5. The van der Waals surface area contributed by atoms with Gasteiger partial charge in [0.05, 0.1) is 13.1 Å². The summed E-state index contributed by atoms with van der Waals surface area (Å²) >= 11 is 0. The largest absolute Gasteiger partial charge is 0.355 e. The monoisotopic (exact) mass is 1110 g/mol. The fraction of sp³-hybridized carbons (Fsp3) is 0.719. The number of halogens is 1. The first-order valence-corrected chi connectivity index (χ1v) is 28.2. The molecule has 1 aromatic carbocycles. The number of benzene rings is 1. The lowest BCUT2D eigenvalue weighted by Crippen LogP contribution is -2.65. The maximum absolute atomic E-state index is 14.3. The average Bonchev–Trinajstić information content (AvgIpc) is 3.86. The predicted molar refractivity (Wildman–Crippen MR) is 301 cm³/mol. The van der Waals surface area contributed by atoms with Crippen LogP contribution in [0.1, 0.15) is 171 Å². The van der Waals surface area contributed by atoms with E-state index in [0.717, 1.165) is 32.1 Å². The number of hydrogen-bond acceptors (Lipinski definition) is 11. The van der Waals surface area contributed by atoms with Crippen molar-refractivity contribution in [3.8, 4) is 0 Å². The van der Waals surface area contributed by atoms with Crippen LogP contribution < -0.4 is 37.2 Å². The second kappa shape index (κ2) is 32.2. The third-order valence-electron chi connectivity index (χ3n) is 13.8. The molecule has 1 heterocycles. The van der Waals surface area contributed by atoms with Crippen LogP contribution in [-0.2, 0) is 43.2 Å². The van der Waals surface area contributed by atoms with Gasteiger partial charge in [-0.25, -0.2) is 4.39 Å². The van der Waals surface area contributed by atoms with Crippen molar-refractivity contribution in [2.75, 3.05) is 53.4 Å². The van der Waals surface area contributed by atoms with E-state index in [2.05, 4.69) is 44.1 Å². The Hall–Kier alpha value is -6.19.